The van der Waals surface area contributed by atoms with Crippen LogP contribution in [0.2, 0.25) is 0 Å². The molecule has 0 bridgehead atoms. The number of nitrogens with one attached hydrogen (secondary N) is 2. The zero-order valence-electron chi connectivity index (χ0n) is 19.3. The van der Waals surface area contributed by atoms with E-state index in [-0.39, 0.29) is 41.7 Å². The Hall–Kier alpha value is -2.95. The van der Waals surface area contributed by atoms with Gasteiger partial charge in [-0.2, -0.15) is 0 Å². The predicted octanol–water partition coefficient (Wildman–Crippen LogP) is 3.17. The summed E-state index contributed by atoms with van der Waals surface area (Å²) >= 11 is 0. The van der Waals surface area contributed by atoms with Crippen LogP contribution in [0, 0.1) is 0 Å². The number of rotatable bonds is 8. The second-order valence-corrected chi connectivity index (χ2v) is 8.18. The third-order valence-corrected chi connectivity index (χ3v) is 5.98. The monoisotopic (exact) mass is 575 g/mol. The van der Waals surface area contributed by atoms with Crippen molar-refractivity contribution in [1.82, 2.24) is 15.5 Å². The first-order valence-corrected chi connectivity index (χ1v) is 11.4. The lowest BCUT2D eigenvalue weighted by Gasteiger charge is -2.17. The van der Waals surface area contributed by atoms with E-state index in [0.717, 1.165) is 30.6 Å². The summed E-state index contributed by atoms with van der Waals surface area (Å²) in [6.07, 6.45) is 3.06. The van der Waals surface area contributed by atoms with Crippen LogP contribution in [-0.2, 0) is 11.3 Å². The number of imide groups is 1. The molecule has 9 heteroatoms. The van der Waals surface area contributed by atoms with E-state index in [1.807, 2.05) is 29.2 Å². The van der Waals surface area contributed by atoms with Crippen LogP contribution in [0.15, 0.2) is 53.5 Å². The molecule has 0 spiro atoms. The lowest BCUT2D eigenvalue weighted by Crippen LogP contribution is -2.37. The molecule has 2 aromatic rings. The van der Waals surface area contributed by atoms with Crippen LogP contribution in [0.25, 0.3) is 0 Å². The molecule has 2 N–H and O–H groups in total. The molecule has 1 fully saturated rings. The van der Waals surface area contributed by atoms with E-state index >= 15 is 0 Å². The Morgan fingerprint density at radius 1 is 0.941 bits per heavy atom. The molecule has 0 aliphatic carbocycles. The lowest BCUT2D eigenvalue weighted by molar-refractivity contribution is -0.117. The van der Waals surface area contributed by atoms with E-state index < -0.39 is 0 Å². The van der Waals surface area contributed by atoms with Gasteiger partial charge < -0.3 is 15.5 Å². The zero-order valence-corrected chi connectivity index (χ0v) is 21.6. The van der Waals surface area contributed by atoms with Crippen molar-refractivity contribution in [3.05, 3.63) is 65.2 Å². The minimum absolute atomic E-state index is 0. The fourth-order valence-corrected chi connectivity index (χ4v) is 4.17. The van der Waals surface area contributed by atoms with Gasteiger partial charge >= 0.3 is 0 Å². The summed E-state index contributed by atoms with van der Waals surface area (Å²) in [6.45, 7) is 2.49. The van der Waals surface area contributed by atoms with Crippen LogP contribution >= 0.6 is 24.0 Å². The zero-order chi connectivity index (χ0) is 23.2. The summed E-state index contributed by atoms with van der Waals surface area (Å²) in [6, 6.07) is 15.0. The molecule has 34 heavy (non-hydrogen) atoms. The number of anilines is 1. The molecule has 180 valence electrons. The van der Waals surface area contributed by atoms with Crippen LogP contribution < -0.4 is 15.5 Å². The van der Waals surface area contributed by atoms with Gasteiger partial charge in [-0.05, 0) is 49.1 Å². The van der Waals surface area contributed by atoms with Crippen LogP contribution in [0.1, 0.15) is 52.0 Å². The molecule has 0 unspecified atom stereocenters. The highest BCUT2D eigenvalue weighted by Crippen LogP contribution is 2.23. The van der Waals surface area contributed by atoms with Gasteiger partial charge in [-0.25, -0.2) is 0 Å². The van der Waals surface area contributed by atoms with Crippen molar-refractivity contribution >= 4 is 53.3 Å². The molecule has 2 aliphatic rings. The van der Waals surface area contributed by atoms with Crippen molar-refractivity contribution in [2.24, 2.45) is 4.99 Å². The first kappa shape index (κ1) is 25.7. The summed E-state index contributed by atoms with van der Waals surface area (Å²) in [4.78, 5) is 44.1. The number of fused-ring (bicyclic) bond motifs is 1. The fraction of sp³-hybridized carbons (Fsp3) is 0.360. The molecule has 2 aromatic carbocycles. The maximum atomic E-state index is 12.4. The Labute approximate surface area is 216 Å². The summed E-state index contributed by atoms with van der Waals surface area (Å²) in [5.41, 5.74) is 3.02. The number of benzene rings is 2. The molecule has 8 nitrogen and oxygen atoms in total. The van der Waals surface area contributed by atoms with Crippen molar-refractivity contribution in [1.29, 1.82) is 0 Å². The molecule has 2 aliphatic heterocycles. The molecule has 2 heterocycles. The van der Waals surface area contributed by atoms with Gasteiger partial charge in [0.15, 0.2) is 5.96 Å². The van der Waals surface area contributed by atoms with Crippen LogP contribution in [0.5, 0.6) is 0 Å². The first-order chi connectivity index (χ1) is 16.1. The van der Waals surface area contributed by atoms with Crippen molar-refractivity contribution < 1.29 is 14.4 Å². The number of unbranched alkanes of at least 4 members (excludes halogenated alkanes) is 1. The predicted molar refractivity (Wildman–Crippen MR) is 143 cm³/mol. The Morgan fingerprint density at radius 3 is 2.21 bits per heavy atom. The van der Waals surface area contributed by atoms with Gasteiger partial charge in [0.2, 0.25) is 5.91 Å². The number of halogens is 1. The van der Waals surface area contributed by atoms with E-state index in [9.17, 15) is 14.4 Å². The van der Waals surface area contributed by atoms with E-state index in [0.29, 0.717) is 49.6 Å². The third kappa shape index (κ3) is 5.75. The summed E-state index contributed by atoms with van der Waals surface area (Å²) in [7, 11) is 1.72. The lowest BCUT2D eigenvalue weighted by atomic mass is 10.1. The molecular formula is C25H30IN5O3. The van der Waals surface area contributed by atoms with Gasteiger partial charge in [-0.3, -0.25) is 24.3 Å². The Morgan fingerprint density at radius 2 is 1.62 bits per heavy atom. The van der Waals surface area contributed by atoms with Crippen molar-refractivity contribution in [2.75, 3.05) is 31.6 Å². The van der Waals surface area contributed by atoms with E-state index in [1.165, 1.54) is 4.90 Å². The van der Waals surface area contributed by atoms with Gasteiger partial charge in [0.05, 0.1) is 11.1 Å². The molecular weight excluding hydrogens is 545 g/mol. The van der Waals surface area contributed by atoms with Crippen molar-refractivity contribution in [2.45, 2.75) is 32.2 Å². The van der Waals surface area contributed by atoms with Gasteiger partial charge in [0.25, 0.3) is 11.8 Å². The number of nitrogens with zero attached hydrogens (tertiary/aromatic N) is 3. The molecule has 0 aromatic heterocycles. The number of carbonyl (C=O) groups is 3. The number of guanidine groups is 1. The molecule has 1 saturated heterocycles. The first-order valence-electron chi connectivity index (χ1n) is 11.4. The quantitative estimate of drug-likeness (QED) is 0.166. The van der Waals surface area contributed by atoms with Crippen LogP contribution in [0.3, 0.4) is 0 Å². The summed E-state index contributed by atoms with van der Waals surface area (Å²) in [5, 5.41) is 6.55. The highest BCUT2D eigenvalue weighted by molar-refractivity contribution is 14.0. The highest BCUT2D eigenvalue weighted by Gasteiger charge is 2.34. The summed E-state index contributed by atoms with van der Waals surface area (Å²) in [5.74, 6) is 0.463. The number of aliphatic imine (C=N–C) groups is 1. The number of hydrogen-bond acceptors (Lipinski definition) is 4. The highest BCUT2D eigenvalue weighted by atomic mass is 127. The topological polar surface area (TPSA) is 94.1 Å². The maximum absolute atomic E-state index is 12.4. The number of carbonyl (C=O) groups excluding carboxylic acids is 3. The second-order valence-electron chi connectivity index (χ2n) is 8.18. The van der Waals surface area contributed by atoms with Crippen LogP contribution in [-0.4, -0.2) is 55.3 Å². The van der Waals surface area contributed by atoms with Gasteiger partial charge in [-0.1, -0.05) is 24.3 Å². The average molecular weight is 575 g/mol. The van der Waals surface area contributed by atoms with Crippen LogP contribution in [0.4, 0.5) is 5.69 Å². The summed E-state index contributed by atoms with van der Waals surface area (Å²) < 4.78 is 0. The Bertz CT molecular complexity index is 1040. The van der Waals surface area contributed by atoms with Gasteiger partial charge in [0, 0.05) is 45.3 Å². The molecule has 0 radical (unpaired) electrons. The molecule has 4 rings (SSSR count). The van der Waals surface area contributed by atoms with E-state index in [1.54, 1.807) is 31.3 Å². The largest absolute Gasteiger partial charge is 0.356 e. The van der Waals surface area contributed by atoms with Crippen molar-refractivity contribution in [3.8, 4) is 0 Å². The smallest absolute Gasteiger partial charge is 0.261 e. The van der Waals surface area contributed by atoms with Crippen molar-refractivity contribution in [3.63, 3.8) is 0 Å². The molecule has 0 saturated carbocycles. The number of hydrogen-bond donors (Lipinski definition) is 2. The standard InChI is InChI=1S/C25H29N5O3.HI/c1-26-25(28-17-18-10-12-19(13-11-18)29-16-6-9-22(29)31)27-14-4-5-15-30-23(32)20-7-2-3-8-21(20)24(30)33;/h2-3,7-8,10-13H,4-6,9,14-17H2,1H3,(H2,26,27,28);1H. The SMILES string of the molecule is CN=C(NCCCCN1C(=O)c2ccccc2C1=O)NCc1ccc(N2CCCC2=O)cc1.I. The van der Waals surface area contributed by atoms with Gasteiger partial charge in [-0.15, -0.1) is 24.0 Å². The molecule has 0 atom stereocenters. The van der Waals surface area contributed by atoms with E-state index in [4.69, 9.17) is 0 Å². The average Bonchev–Trinajstić information content (AvgIpc) is 3.37. The second kappa shape index (κ2) is 12.0. The maximum Gasteiger partial charge on any atom is 0.261 e. The minimum atomic E-state index is -0.207. The normalized spacial score (nSPS) is 15.4. The Kier molecular flexibility index (Phi) is 9.03. The minimum Gasteiger partial charge on any atom is -0.356 e. The molecule has 3 amide bonds. The van der Waals surface area contributed by atoms with E-state index in [2.05, 4.69) is 15.6 Å². The van der Waals surface area contributed by atoms with Gasteiger partial charge in [0.1, 0.15) is 0 Å². The fourth-order valence-electron chi connectivity index (χ4n) is 4.17. The third-order valence-electron chi connectivity index (χ3n) is 5.98. The number of amides is 3. The Balaban J connectivity index is 0.00000324.